The SMILES string of the molecule is CC(C)(CO)c1cc2cc(CC(=O)C3(c4ccc5c(c4)OC(F)(F)O5)CC3)c(F)cc2n1CC(O)CO.Cc1nn(C)cc1S(=O)(=O)CC(=O)c1ccc(-n2ccc(OCC(C)(C)C(F)(F)F)n2)nc1N1C[C@@H](C)CC1(C)C. The van der Waals surface area contributed by atoms with Gasteiger partial charge in [-0.05, 0) is 113 Å². The van der Waals surface area contributed by atoms with E-state index < -0.39 is 75.2 Å². The van der Waals surface area contributed by atoms with E-state index in [1.165, 1.54) is 58.2 Å². The number of ketones is 2. The average molecular weight is 1120 g/mol. The van der Waals surface area contributed by atoms with Gasteiger partial charge in [-0.3, -0.25) is 14.3 Å². The number of hydrogen-bond donors (Lipinski definition) is 3. The number of hydrogen-bond acceptors (Lipinski definition) is 14. The molecule has 0 bridgehead atoms. The molecular formula is C54H63F6N7O10S. The summed E-state index contributed by atoms with van der Waals surface area (Å²) in [6.07, 6.45) is -4.76. The summed E-state index contributed by atoms with van der Waals surface area (Å²) in [5, 5.41) is 38.2. The van der Waals surface area contributed by atoms with E-state index in [4.69, 9.17) is 9.72 Å². The number of pyridine rings is 1. The highest BCUT2D eigenvalue weighted by Crippen LogP contribution is 2.53. The number of carbonyl (C=O) groups excluding carboxylic acids is 2. The molecular weight excluding hydrogens is 1050 g/mol. The molecule has 1 aliphatic carbocycles. The minimum atomic E-state index is -4.45. The van der Waals surface area contributed by atoms with Crippen LogP contribution in [-0.4, -0.2) is 121 Å². The Morgan fingerprint density at radius 3 is 2.26 bits per heavy atom. The van der Waals surface area contributed by atoms with Gasteiger partial charge in [0.05, 0.1) is 53.5 Å². The van der Waals surface area contributed by atoms with Gasteiger partial charge in [0.25, 0.3) is 0 Å². The molecule has 2 fully saturated rings. The van der Waals surface area contributed by atoms with E-state index in [1.807, 2.05) is 32.6 Å². The molecule has 1 saturated heterocycles. The van der Waals surface area contributed by atoms with Crippen molar-refractivity contribution in [1.82, 2.24) is 29.1 Å². The fourth-order valence-electron chi connectivity index (χ4n) is 10.0. The molecule has 24 heteroatoms. The summed E-state index contributed by atoms with van der Waals surface area (Å²) in [5.41, 5.74) is -1.79. The quantitative estimate of drug-likeness (QED) is 0.0548. The average Bonchev–Trinajstić information content (AvgIpc) is 3.72. The summed E-state index contributed by atoms with van der Waals surface area (Å²) in [6.45, 7) is 12.7. The van der Waals surface area contributed by atoms with E-state index in [0.717, 1.165) is 20.3 Å². The van der Waals surface area contributed by atoms with Crippen LogP contribution in [0.2, 0.25) is 0 Å². The molecule has 1 unspecified atom stereocenters. The monoisotopic (exact) mass is 1120 g/mol. The van der Waals surface area contributed by atoms with E-state index in [0.29, 0.717) is 64.8 Å². The minimum Gasteiger partial charge on any atom is -0.476 e. The van der Waals surface area contributed by atoms with E-state index in [1.54, 1.807) is 36.7 Å². The van der Waals surface area contributed by atoms with Crippen molar-refractivity contribution >= 4 is 38.1 Å². The molecule has 0 radical (unpaired) electrons. The van der Waals surface area contributed by atoms with Gasteiger partial charge in [0, 0.05) is 60.5 Å². The number of Topliss-reactive ketones (excluding diaryl/α,β-unsaturated/α-hetero) is 2. The lowest BCUT2D eigenvalue weighted by atomic mass is 9.87. The van der Waals surface area contributed by atoms with Gasteiger partial charge in [0.15, 0.2) is 32.9 Å². The van der Waals surface area contributed by atoms with Crippen LogP contribution in [0.5, 0.6) is 17.4 Å². The third-order valence-electron chi connectivity index (χ3n) is 14.6. The van der Waals surface area contributed by atoms with Crippen LogP contribution in [-0.2, 0) is 45.5 Å². The third-order valence-corrected chi connectivity index (χ3v) is 16.3. The number of anilines is 1. The zero-order valence-corrected chi connectivity index (χ0v) is 45.4. The molecule has 17 nitrogen and oxygen atoms in total. The molecule has 4 aromatic heterocycles. The fourth-order valence-corrected chi connectivity index (χ4v) is 11.5. The van der Waals surface area contributed by atoms with Crippen LogP contribution < -0.4 is 19.1 Å². The molecule has 6 heterocycles. The van der Waals surface area contributed by atoms with Crippen molar-refractivity contribution in [3.63, 3.8) is 0 Å². The normalized spacial score (nSPS) is 18.0. The Morgan fingerprint density at radius 1 is 0.962 bits per heavy atom. The molecule has 78 heavy (non-hydrogen) atoms. The Bertz CT molecular complexity index is 3380. The van der Waals surface area contributed by atoms with Gasteiger partial charge in [0.1, 0.15) is 34.7 Å². The Kier molecular flexibility index (Phi) is 15.2. The number of aliphatic hydroxyl groups excluding tert-OH is 3. The van der Waals surface area contributed by atoms with E-state index >= 15 is 4.39 Å². The first kappa shape index (κ1) is 57.7. The van der Waals surface area contributed by atoms with Gasteiger partial charge < -0.3 is 39.0 Å². The number of halogens is 6. The van der Waals surface area contributed by atoms with Gasteiger partial charge >= 0.3 is 12.5 Å². The van der Waals surface area contributed by atoms with Crippen molar-refractivity contribution < 1.29 is 73.9 Å². The Morgan fingerprint density at radius 2 is 1.65 bits per heavy atom. The molecule has 2 aromatic carbocycles. The summed E-state index contributed by atoms with van der Waals surface area (Å²) in [7, 11) is -2.37. The molecule has 3 aliphatic rings. The number of alkyl halides is 5. The summed E-state index contributed by atoms with van der Waals surface area (Å²) < 4.78 is 127. The first-order chi connectivity index (χ1) is 36.2. The zero-order chi connectivity index (χ0) is 57.3. The Labute approximate surface area is 446 Å². The Hall–Kier alpha value is -6.50. The maximum atomic E-state index is 15.3. The summed E-state index contributed by atoms with van der Waals surface area (Å²) in [4.78, 5) is 33.6. The topological polar surface area (TPSA) is 213 Å². The fraction of sp³-hybridized carbons (Fsp3) is 0.500. The van der Waals surface area contributed by atoms with Crippen molar-refractivity contribution in [3.05, 3.63) is 101 Å². The molecule has 2 aliphatic heterocycles. The molecule has 0 amide bonds. The predicted molar refractivity (Wildman–Crippen MR) is 274 cm³/mol. The van der Waals surface area contributed by atoms with Crippen molar-refractivity contribution in [1.29, 1.82) is 0 Å². The Balaban J connectivity index is 0.000000207. The molecule has 9 rings (SSSR count). The van der Waals surface area contributed by atoms with Gasteiger partial charge in [0.2, 0.25) is 5.88 Å². The maximum absolute atomic E-state index is 15.3. The summed E-state index contributed by atoms with van der Waals surface area (Å²) >= 11 is 0. The number of ether oxygens (including phenoxy) is 3. The van der Waals surface area contributed by atoms with Crippen LogP contribution >= 0.6 is 0 Å². The molecule has 3 N–H and O–H groups in total. The van der Waals surface area contributed by atoms with E-state index in [-0.39, 0.29) is 64.3 Å². The third kappa shape index (κ3) is 11.6. The zero-order valence-electron chi connectivity index (χ0n) is 44.6. The van der Waals surface area contributed by atoms with Gasteiger partial charge in [-0.15, -0.1) is 13.9 Å². The maximum Gasteiger partial charge on any atom is 0.586 e. The number of aliphatic hydroxyl groups is 3. The van der Waals surface area contributed by atoms with Crippen molar-refractivity contribution in [2.75, 3.05) is 37.0 Å². The molecule has 6 aromatic rings. The number of aromatic nitrogens is 6. The number of rotatable bonds is 18. The molecule has 0 spiro atoms. The lowest BCUT2D eigenvalue weighted by molar-refractivity contribution is -0.286. The highest BCUT2D eigenvalue weighted by Gasteiger charge is 2.52. The van der Waals surface area contributed by atoms with Crippen molar-refractivity contribution in [2.24, 2.45) is 18.4 Å². The highest BCUT2D eigenvalue weighted by atomic mass is 32.2. The second-order valence-corrected chi connectivity index (χ2v) is 24.5. The number of sulfone groups is 1. The van der Waals surface area contributed by atoms with Crippen LogP contribution in [0.25, 0.3) is 16.7 Å². The second-order valence-electron chi connectivity index (χ2n) is 22.5. The van der Waals surface area contributed by atoms with Gasteiger partial charge in [-0.2, -0.15) is 18.3 Å². The van der Waals surface area contributed by atoms with Crippen LogP contribution in [0.3, 0.4) is 0 Å². The lowest BCUT2D eigenvalue weighted by Crippen LogP contribution is -2.40. The van der Waals surface area contributed by atoms with Gasteiger partial charge in [-0.1, -0.05) is 26.8 Å². The molecule has 1 saturated carbocycles. The van der Waals surface area contributed by atoms with E-state index in [2.05, 4.69) is 26.6 Å². The number of nitrogens with zero attached hydrogens (tertiary/aromatic N) is 7. The largest absolute Gasteiger partial charge is 0.586 e. The van der Waals surface area contributed by atoms with Crippen molar-refractivity contribution in [3.8, 4) is 23.2 Å². The van der Waals surface area contributed by atoms with Crippen molar-refractivity contribution in [2.45, 2.75) is 127 Å². The minimum absolute atomic E-state index is 0.00273. The number of fused-ring (bicyclic) bond motifs is 2. The standard InChI is InChI=1S/C27H35F3N6O4S.C27H28F3NO6/c1-17-12-26(5,6)35(13-17)24-19(20(37)15-41(38,39)21-14-34(7)32-18(21)2)8-9-22(31-24)36-11-10-23(33-36)40-16-25(3,4)27(28,29)30;1-25(2,14-33)23-8-16-7-15(19(28)11-20(16)31(23)12-18(34)13-32)9-24(35)26(5-6-26)17-3-4-21-22(10-17)37-27(29,30)36-21/h8-11,14,17H,12-13,15-16H2,1-7H3;3-4,7-8,10-11,18,32-34H,5-6,9,12-14H2,1-2H3/t17-;/m0./s1. The lowest BCUT2D eigenvalue weighted by Gasteiger charge is -2.34. The van der Waals surface area contributed by atoms with Crippen LogP contribution in [0.1, 0.15) is 101 Å². The first-order valence-corrected chi connectivity index (χ1v) is 26.8. The summed E-state index contributed by atoms with van der Waals surface area (Å²) in [5.74, 6) is -1.57. The molecule has 2 atom stereocenters. The summed E-state index contributed by atoms with van der Waals surface area (Å²) in [6, 6.07) is 13.4. The second kappa shape index (κ2) is 20.6. The van der Waals surface area contributed by atoms with E-state index in [9.17, 15) is 55.3 Å². The first-order valence-electron chi connectivity index (χ1n) is 25.2. The van der Waals surface area contributed by atoms with Crippen LogP contribution in [0.15, 0.2) is 71.9 Å². The molecule has 422 valence electrons. The number of carbonyl (C=O) groups is 2. The highest BCUT2D eigenvalue weighted by molar-refractivity contribution is 7.92. The van der Waals surface area contributed by atoms with Crippen LogP contribution in [0, 0.1) is 24.1 Å². The smallest absolute Gasteiger partial charge is 0.476 e. The number of aryl methyl sites for hydroxylation is 2. The number of benzene rings is 2. The van der Waals surface area contributed by atoms with Gasteiger partial charge in [-0.25, -0.2) is 22.5 Å². The van der Waals surface area contributed by atoms with Crippen LogP contribution in [0.4, 0.5) is 32.2 Å². The predicted octanol–water partition coefficient (Wildman–Crippen LogP) is 8.13.